The first kappa shape index (κ1) is 14.4. The van der Waals surface area contributed by atoms with E-state index in [1.54, 1.807) is 0 Å². The van der Waals surface area contributed by atoms with Crippen molar-refractivity contribution >= 4 is 17.2 Å². The molecule has 4 heteroatoms. The molecule has 1 aliphatic rings. The second-order valence-corrected chi connectivity index (χ2v) is 6.09. The van der Waals surface area contributed by atoms with Gasteiger partial charge < -0.3 is 10.8 Å². The maximum absolute atomic E-state index is 10.3. The molecule has 3 atom stereocenters. The summed E-state index contributed by atoms with van der Waals surface area (Å²) in [5, 5.41) is 10.3. The molecular formula is C15H22N2OS. The SMILES string of the molecule is CC1CC(C)N(CC(O)c2ccc(C(N)=S)cc2)C1. The molecule has 0 spiro atoms. The molecule has 0 bridgehead atoms. The van der Waals surface area contributed by atoms with E-state index in [1.807, 2.05) is 24.3 Å². The highest BCUT2D eigenvalue weighted by Gasteiger charge is 2.27. The van der Waals surface area contributed by atoms with Crippen molar-refractivity contribution in [3.8, 4) is 0 Å². The molecule has 0 radical (unpaired) electrons. The normalized spacial score (nSPS) is 25.4. The first-order valence-corrected chi connectivity index (χ1v) is 7.20. The summed E-state index contributed by atoms with van der Waals surface area (Å²) in [5.41, 5.74) is 7.33. The molecule has 104 valence electrons. The zero-order chi connectivity index (χ0) is 14.0. The predicted molar refractivity (Wildman–Crippen MR) is 82.1 cm³/mol. The number of likely N-dealkylation sites (tertiary alicyclic amines) is 1. The Labute approximate surface area is 120 Å². The van der Waals surface area contributed by atoms with Gasteiger partial charge in [0.15, 0.2) is 0 Å². The van der Waals surface area contributed by atoms with Gasteiger partial charge in [0, 0.05) is 24.7 Å². The van der Waals surface area contributed by atoms with Gasteiger partial charge in [0.25, 0.3) is 0 Å². The van der Waals surface area contributed by atoms with Crippen LogP contribution >= 0.6 is 12.2 Å². The van der Waals surface area contributed by atoms with Crippen LogP contribution in [0.2, 0.25) is 0 Å². The molecule has 0 aliphatic carbocycles. The molecule has 19 heavy (non-hydrogen) atoms. The van der Waals surface area contributed by atoms with Crippen LogP contribution in [-0.2, 0) is 0 Å². The van der Waals surface area contributed by atoms with E-state index in [0.717, 1.165) is 23.6 Å². The van der Waals surface area contributed by atoms with Crippen molar-refractivity contribution in [1.82, 2.24) is 4.90 Å². The summed E-state index contributed by atoms with van der Waals surface area (Å²) in [6.45, 7) is 6.26. The van der Waals surface area contributed by atoms with E-state index < -0.39 is 6.10 Å². The fourth-order valence-electron chi connectivity index (χ4n) is 2.84. The molecule has 3 unspecified atom stereocenters. The van der Waals surface area contributed by atoms with Crippen LogP contribution in [-0.4, -0.2) is 34.1 Å². The minimum absolute atomic E-state index is 0.392. The lowest BCUT2D eigenvalue weighted by Crippen LogP contribution is -2.31. The Balaban J connectivity index is 1.99. The Morgan fingerprint density at radius 3 is 2.53 bits per heavy atom. The third-order valence-corrected chi connectivity index (χ3v) is 4.14. The number of thiocarbonyl (C=S) groups is 1. The molecule has 1 saturated heterocycles. The number of rotatable bonds is 4. The van der Waals surface area contributed by atoms with Crippen LogP contribution in [0.1, 0.15) is 37.5 Å². The van der Waals surface area contributed by atoms with Gasteiger partial charge in [-0.15, -0.1) is 0 Å². The lowest BCUT2D eigenvalue weighted by molar-refractivity contribution is 0.109. The summed E-state index contributed by atoms with van der Waals surface area (Å²) in [4.78, 5) is 2.75. The molecule has 1 aliphatic heterocycles. The number of hydrogen-bond acceptors (Lipinski definition) is 3. The highest BCUT2D eigenvalue weighted by Crippen LogP contribution is 2.25. The van der Waals surface area contributed by atoms with Crippen LogP contribution in [0.5, 0.6) is 0 Å². The largest absolute Gasteiger partial charge is 0.389 e. The van der Waals surface area contributed by atoms with Gasteiger partial charge in [0.05, 0.1) is 6.10 Å². The van der Waals surface area contributed by atoms with Crippen LogP contribution in [0.3, 0.4) is 0 Å². The van der Waals surface area contributed by atoms with Crippen molar-refractivity contribution in [3.63, 3.8) is 0 Å². The molecule has 0 aromatic heterocycles. The number of nitrogens with zero attached hydrogens (tertiary/aromatic N) is 1. The van der Waals surface area contributed by atoms with E-state index in [-0.39, 0.29) is 0 Å². The van der Waals surface area contributed by atoms with Crippen LogP contribution < -0.4 is 5.73 Å². The lowest BCUT2D eigenvalue weighted by atomic mass is 10.1. The summed E-state index contributed by atoms with van der Waals surface area (Å²) in [5.74, 6) is 0.721. The maximum Gasteiger partial charge on any atom is 0.103 e. The number of nitrogens with two attached hydrogens (primary N) is 1. The van der Waals surface area contributed by atoms with E-state index in [1.165, 1.54) is 6.42 Å². The molecule has 0 saturated carbocycles. The first-order chi connectivity index (χ1) is 8.97. The number of β-amino-alcohol motifs (C(OH)–C–C–N with tert-alkyl or cyclic N) is 1. The first-order valence-electron chi connectivity index (χ1n) is 6.79. The van der Waals surface area contributed by atoms with Gasteiger partial charge in [0.2, 0.25) is 0 Å². The minimum atomic E-state index is -0.451. The quantitative estimate of drug-likeness (QED) is 0.828. The maximum atomic E-state index is 10.3. The van der Waals surface area contributed by atoms with Gasteiger partial charge in [-0.2, -0.15) is 0 Å². The zero-order valence-corrected chi connectivity index (χ0v) is 12.4. The fourth-order valence-corrected chi connectivity index (χ4v) is 2.97. The van der Waals surface area contributed by atoms with Crippen molar-refractivity contribution in [2.45, 2.75) is 32.4 Å². The van der Waals surface area contributed by atoms with Gasteiger partial charge in [0.1, 0.15) is 4.99 Å². The standard InChI is InChI=1S/C15H22N2OS/c1-10-7-11(2)17(8-10)9-14(18)12-3-5-13(6-4-12)15(16)19/h3-6,10-11,14,18H,7-9H2,1-2H3,(H2,16,19). The molecule has 1 aromatic carbocycles. The van der Waals surface area contributed by atoms with E-state index in [9.17, 15) is 5.11 Å². The van der Waals surface area contributed by atoms with E-state index in [2.05, 4.69) is 18.7 Å². The van der Waals surface area contributed by atoms with Crippen molar-refractivity contribution < 1.29 is 5.11 Å². The van der Waals surface area contributed by atoms with Gasteiger partial charge in [-0.3, -0.25) is 4.90 Å². The Hall–Kier alpha value is -0.970. The topological polar surface area (TPSA) is 49.5 Å². The number of aliphatic hydroxyl groups excluding tert-OH is 1. The average Bonchev–Trinajstić information content (AvgIpc) is 2.68. The van der Waals surface area contributed by atoms with Crippen molar-refractivity contribution in [2.24, 2.45) is 11.7 Å². The predicted octanol–water partition coefficient (Wildman–Crippen LogP) is 2.08. The van der Waals surface area contributed by atoms with E-state index in [4.69, 9.17) is 18.0 Å². The minimum Gasteiger partial charge on any atom is -0.389 e. The summed E-state index contributed by atoms with van der Waals surface area (Å²) >= 11 is 4.92. The number of aliphatic hydroxyl groups is 1. The van der Waals surface area contributed by atoms with Crippen LogP contribution in [0.4, 0.5) is 0 Å². The number of benzene rings is 1. The van der Waals surface area contributed by atoms with Crippen LogP contribution in [0.15, 0.2) is 24.3 Å². The molecule has 1 heterocycles. The summed E-state index contributed by atoms with van der Waals surface area (Å²) < 4.78 is 0. The molecule has 1 aromatic rings. The third kappa shape index (κ3) is 3.53. The monoisotopic (exact) mass is 278 g/mol. The highest BCUT2D eigenvalue weighted by atomic mass is 32.1. The van der Waals surface area contributed by atoms with Gasteiger partial charge >= 0.3 is 0 Å². The summed E-state index contributed by atoms with van der Waals surface area (Å²) in [7, 11) is 0. The summed E-state index contributed by atoms with van der Waals surface area (Å²) in [6.07, 6.45) is 0.765. The Bertz CT molecular complexity index is 446. The van der Waals surface area contributed by atoms with Gasteiger partial charge in [-0.05, 0) is 24.8 Å². The van der Waals surface area contributed by atoms with E-state index in [0.29, 0.717) is 17.6 Å². The lowest BCUT2D eigenvalue weighted by Gasteiger charge is -2.24. The fraction of sp³-hybridized carbons (Fsp3) is 0.533. The number of hydrogen-bond donors (Lipinski definition) is 2. The molecular weight excluding hydrogens is 256 g/mol. The Kier molecular flexibility index (Phi) is 4.55. The van der Waals surface area contributed by atoms with Crippen molar-refractivity contribution in [2.75, 3.05) is 13.1 Å². The molecule has 0 amide bonds. The molecule has 2 rings (SSSR count). The Morgan fingerprint density at radius 1 is 1.42 bits per heavy atom. The smallest absolute Gasteiger partial charge is 0.103 e. The highest BCUT2D eigenvalue weighted by molar-refractivity contribution is 7.80. The van der Waals surface area contributed by atoms with Gasteiger partial charge in [-0.25, -0.2) is 0 Å². The average molecular weight is 278 g/mol. The van der Waals surface area contributed by atoms with Crippen LogP contribution in [0.25, 0.3) is 0 Å². The van der Waals surface area contributed by atoms with Crippen molar-refractivity contribution in [3.05, 3.63) is 35.4 Å². The van der Waals surface area contributed by atoms with E-state index >= 15 is 0 Å². The van der Waals surface area contributed by atoms with Crippen LogP contribution in [0, 0.1) is 5.92 Å². The summed E-state index contributed by atoms with van der Waals surface area (Å²) in [6, 6.07) is 8.11. The van der Waals surface area contributed by atoms with Gasteiger partial charge in [-0.1, -0.05) is 43.4 Å². The molecule has 3 nitrogen and oxygen atoms in total. The second kappa shape index (κ2) is 5.99. The second-order valence-electron chi connectivity index (χ2n) is 5.65. The van der Waals surface area contributed by atoms with Crippen molar-refractivity contribution in [1.29, 1.82) is 0 Å². The Morgan fingerprint density at radius 2 is 2.05 bits per heavy atom. The molecule has 1 fully saturated rings. The third-order valence-electron chi connectivity index (χ3n) is 3.90. The molecule has 3 N–H and O–H groups in total. The zero-order valence-electron chi connectivity index (χ0n) is 11.5.